The van der Waals surface area contributed by atoms with Gasteiger partial charge in [0.05, 0.1) is 6.61 Å². The van der Waals surface area contributed by atoms with Gasteiger partial charge in [0.2, 0.25) is 5.88 Å². The normalized spacial score (nSPS) is 16.0. The predicted molar refractivity (Wildman–Crippen MR) is 81.4 cm³/mol. The zero-order chi connectivity index (χ0) is 17.5. The molecule has 1 aromatic rings. The van der Waals surface area contributed by atoms with E-state index in [1.165, 1.54) is 0 Å². The molecule has 1 aromatic heterocycles. The molecule has 0 aliphatic carbocycles. The summed E-state index contributed by atoms with van der Waals surface area (Å²) in [6.07, 6.45) is -2.04. The number of pyridine rings is 1. The molecule has 0 amide bonds. The third-order valence-electron chi connectivity index (χ3n) is 3.15. The number of rotatable bonds is 9. The molecule has 23 heavy (non-hydrogen) atoms. The van der Waals surface area contributed by atoms with E-state index >= 15 is 0 Å². The molecule has 0 spiro atoms. The van der Waals surface area contributed by atoms with Crippen LogP contribution >= 0.6 is 0 Å². The number of nitrogens with two attached hydrogens (primary N) is 1. The maximum atomic E-state index is 11.9. The van der Waals surface area contributed by atoms with E-state index < -0.39 is 24.1 Å². The lowest BCUT2D eigenvalue weighted by molar-refractivity contribution is -0.175. The fourth-order valence-corrected chi connectivity index (χ4v) is 2.37. The van der Waals surface area contributed by atoms with Crippen molar-refractivity contribution in [1.82, 2.24) is 4.98 Å². The highest BCUT2D eigenvalue weighted by molar-refractivity contribution is 7.89. The number of alkyl halides is 3. The number of ether oxygens (including phenoxy) is 2. The second-order valence-electron chi connectivity index (χ2n) is 5.22. The summed E-state index contributed by atoms with van der Waals surface area (Å²) in [5, 5.41) is 5.23. The van der Waals surface area contributed by atoms with Gasteiger partial charge in [-0.2, -0.15) is 18.3 Å². The van der Waals surface area contributed by atoms with E-state index in [-0.39, 0.29) is 24.4 Å². The van der Waals surface area contributed by atoms with Crippen molar-refractivity contribution in [2.75, 3.05) is 19.8 Å². The van der Waals surface area contributed by atoms with E-state index in [1.54, 1.807) is 12.3 Å². The van der Waals surface area contributed by atoms with Gasteiger partial charge in [-0.1, -0.05) is 13.0 Å². The maximum Gasteiger partial charge on any atom is 0.411 e. The Bertz CT molecular complexity index is 458. The first-order valence-electron chi connectivity index (χ1n) is 7.07. The monoisotopic (exact) mass is 354 g/mol. The van der Waals surface area contributed by atoms with Crippen LogP contribution in [-0.2, 0) is 16.1 Å². The van der Waals surface area contributed by atoms with E-state index in [0.717, 1.165) is 5.56 Å². The minimum atomic E-state index is -4.33. The number of aromatic nitrogens is 1. The SMILES string of the molecule is CC(CC(C)[S+](N)[O-])c1ccc(OCCOCC(F)(F)F)nc1. The van der Waals surface area contributed by atoms with Gasteiger partial charge in [-0.3, -0.25) is 0 Å². The van der Waals surface area contributed by atoms with Crippen LogP contribution < -0.4 is 9.88 Å². The van der Waals surface area contributed by atoms with Gasteiger partial charge in [-0.05, 0) is 18.4 Å². The molecule has 3 unspecified atom stereocenters. The molecule has 2 N–H and O–H groups in total. The Hall–Kier alpha value is -1.03. The van der Waals surface area contributed by atoms with Crippen LogP contribution in [0.4, 0.5) is 13.2 Å². The number of halogens is 3. The summed E-state index contributed by atoms with van der Waals surface area (Å²) in [5.74, 6) is 0.446. The van der Waals surface area contributed by atoms with E-state index in [1.807, 2.05) is 19.9 Å². The zero-order valence-electron chi connectivity index (χ0n) is 13.0. The molecule has 0 saturated carbocycles. The Labute approximate surface area is 136 Å². The largest absolute Gasteiger partial charge is 0.598 e. The fourth-order valence-electron chi connectivity index (χ4n) is 1.89. The van der Waals surface area contributed by atoms with Crippen molar-refractivity contribution in [3.63, 3.8) is 0 Å². The van der Waals surface area contributed by atoms with Crippen LogP contribution in [0.2, 0.25) is 0 Å². The average molecular weight is 354 g/mol. The quantitative estimate of drug-likeness (QED) is 0.544. The van der Waals surface area contributed by atoms with Gasteiger partial charge >= 0.3 is 6.18 Å². The van der Waals surface area contributed by atoms with Gasteiger partial charge in [0.15, 0.2) is 0 Å². The van der Waals surface area contributed by atoms with Crippen molar-refractivity contribution < 1.29 is 27.2 Å². The van der Waals surface area contributed by atoms with Crippen LogP contribution in [0.3, 0.4) is 0 Å². The summed E-state index contributed by atoms with van der Waals surface area (Å²) in [6, 6.07) is 3.45. The third kappa shape index (κ3) is 8.40. The molecule has 0 bridgehead atoms. The molecule has 1 rings (SSSR count). The Morgan fingerprint density at radius 3 is 2.52 bits per heavy atom. The molecule has 132 valence electrons. The third-order valence-corrected chi connectivity index (χ3v) is 4.14. The lowest BCUT2D eigenvalue weighted by Gasteiger charge is -2.17. The molecule has 3 atom stereocenters. The summed E-state index contributed by atoms with van der Waals surface area (Å²) < 4.78 is 56.4. The molecule has 1 heterocycles. The van der Waals surface area contributed by atoms with Gasteiger partial charge < -0.3 is 14.0 Å². The summed E-state index contributed by atoms with van der Waals surface area (Å²) in [4.78, 5) is 4.09. The molecule has 0 radical (unpaired) electrons. The fraction of sp³-hybridized carbons (Fsp3) is 0.643. The first kappa shape index (κ1) is 20.0. The van der Waals surface area contributed by atoms with Crippen LogP contribution in [-0.4, -0.2) is 40.8 Å². The van der Waals surface area contributed by atoms with Crippen LogP contribution in [0.1, 0.15) is 31.7 Å². The van der Waals surface area contributed by atoms with Crippen molar-refractivity contribution in [2.24, 2.45) is 5.14 Å². The summed E-state index contributed by atoms with van der Waals surface area (Å²) >= 11 is -1.36. The molecule has 0 aromatic carbocycles. The topological polar surface area (TPSA) is 80.4 Å². The first-order chi connectivity index (χ1) is 10.7. The molecule has 9 heteroatoms. The smallest absolute Gasteiger partial charge is 0.411 e. The van der Waals surface area contributed by atoms with Crippen LogP contribution in [0.15, 0.2) is 18.3 Å². The van der Waals surface area contributed by atoms with Crippen molar-refractivity contribution in [1.29, 1.82) is 0 Å². The molecular formula is C14H21F3N2O3S. The van der Waals surface area contributed by atoms with Crippen molar-refractivity contribution >= 4 is 11.4 Å². The van der Waals surface area contributed by atoms with E-state index in [2.05, 4.69) is 9.72 Å². The molecular weight excluding hydrogens is 333 g/mol. The van der Waals surface area contributed by atoms with Crippen molar-refractivity contribution in [2.45, 2.75) is 37.6 Å². The highest BCUT2D eigenvalue weighted by Gasteiger charge is 2.27. The van der Waals surface area contributed by atoms with E-state index in [4.69, 9.17) is 9.88 Å². The van der Waals surface area contributed by atoms with E-state index in [9.17, 15) is 17.7 Å². The van der Waals surface area contributed by atoms with E-state index in [0.29, 0.717) is 12.3 Å². The molecule has 5 nitrogen and oxygen atoms in total. The van der Waals surface area contributed by atoms with Crippen LogP contribution in [0.25, 0.3) is 0 Å². The first-order valence-corrected chi connectivity index (χ1v) is 8.35. The molecule has 0 saturated heterocycles. The lowest BCUT2D eigenvalue weighted by atomic mass is 9.98. The Morgan fingerprint density at radius 2 is 2.00 bits per heavy atom. The van der Waals surface area contributed by atoms with Gasteiger partial charge in [-0.25, -0.2) is 4.98 Å². The molecule has 0 aliphatic rings. The van der Waals surface area contributed by atoms with Crippen molar-refractivity contribution in [3.8, 4) is 5.88 Å². The maximum absolute atomic E-state index is 11.9. The lowest BCUT2D eigenvalue weighted by Crippen LogP contribution is -2.27. The summed E-state index contributed by atoms with van der Waals surface area (Å²) in [6.45, 7) is 2.33. The minimum absolute atomic E-state index is 0.0127. The second-order valence-corrected chi connectivity index (χ2v) is 6.68. The Balaban J connectivity index is 2.35. The van der Waals surface area contributed by atoms with Crippen LogP contribution in [0.5, 0.6) is 5.88 Å². The summed E-state index contributed by atoms with van der Waals surface area (Å²) in [7, 11) is 0. The zero-order valence-corrected chi connectivity index (χ0v) is 13.8. The molecule has 0 fully saturated rings. The number of hydrogen-bond donors (Lipinski definition) is 1. The van der Waals surface area contributed by atoms with Gasteiger partial charge in [0.1, 0.15) is 18.5 Å². The predicted octanol–water partition coefficient (Wildman–Crippen LogP) is 2.54. The highest BCUT2D eigenvalue weighted by atomic mass is 32.2. The van der Waals surface area contributed by atoms with Crippen molar-refractivity contribution in [3.05, 3.63) is 23.9 Å². The van der Waals surface area contributed by atoms with Gasteiger partial charge in [0.25, 0.3) is 0 Å². The Morgan fingerprint density at radius 1 is 1.30 bits per heavy atom. The average Bonchev–Trinajstić information content (AvgIpc) is 2.46. The molecule has 0 aliphatic heterocycles. The summed E-state index contributed by atoms with van der Waals surface area (Å²) in [5.41, 5.74) is 0.947. The Kier molecular flexibility index (Phi) is 8.10. The minimum Gasteiger partial charge on any atom is -0.598 e. The van der Waals surface area contributed by atoms with Crippen LogP contribution in [0, 0.1) is 0 Å². The number of nitrogens with zero attached hydrogens (tertiary/aromatic N) is 1. The second kappa shape index (κ2) is 9.31. The standard InChI is InChI=1S/C14H21F3N2O3S/c1-10(7-11(2)23(18)20)12-3-4-13(19-8-12)22-6-5-21-9-14(15,16)17/h3-4,8,10-11H,5-7,9,18H2,1-2H3. The highest BCUT2D eigenvalue weighted by Crippen LogP contribution is 2.23. The van der Waals surface area contributed by atoms with Gasteiger partial charge in [0, 0.05) is 30.0 Å². The number of hydrogen-bond acceptors (Lipinski definition) is 5. The van der Waals surface area contributed by atoms with Gasteiger partial charge in [-0.15, -0.1) is 0 Å².